The molecule has 4 aliphatic carbocycles. The minimum Gasteiger partial charge on any atom is -0.357 e. The highest BCUT2D eigenvalue weighted by atomic mass is 15.3. The Labute approximate surface area is 313 Å². The van der Waals surface area contributed by atoms with Gasteiger partial charge >= 0.3 is 0 Å². The summed E-state index contributed by atoms with van der Waals surface area (Å²) >= 11 is 0. The van der Waals surface area contributed by atoms with Crippen LogP contribution >= 0.6 is 0 Å². The molecule has 6 atom stereocenters. The molecule has 3 aromatic carbocycles. The van der Waals surface area contributed by atoms with Gasteiger partial charge in [0.25, 0.3) is 0 Å². The fraction of sp³-hybridized carbons (Fsp3) is 0.224. The van der Waals surface area contributed by atoms with Crippen LogP contribution in [0.25, 0.3) is 22.6 Å². The zero-order valence-corrected chi connectivity index (χ0v) is 30.6. The fourth-order valence-electron chi connectivity index (χ4n) is 9.82. The summed E-state index contributed by atoms with van der Waals surface area (Å²) in [7, 11) is 0. The number of anilines is 3. The Balaban J connectivity index is 1.04. The van der Waals surface area contributed by atoms with Gasteiger partial charge in [0.1, 0.15) is 0 Å². The van der Waals surface area contributed by atoms with Crippen LogP contribution in [0.4, 0.5) is 17.1 Å². The molecule has 0 radical (unpaired) electrons. The second-order valence-corrected chi connectivity index (χ2v) is 16.0. The molecule has 6 unspecified atom stereocenters. The lowest BCUT2D eigenvalue weighted by molar-refractivity contribution is 0.495. The van der Waals surface area contributed by atoms with Gasteiger partial charge in [-0.1, -0.05) is 128 Å². The molecule has 0 bridgehead atoms. The number of benzene rings is 3. The minimum atomic E-state index is -0.241. The third kappa shape index (κ3) is 4.88. The van der Waals surface area contributed by atoms with Gasteiger partial charge < -0.3 is 9.80 Å². The molecule has 0 spiro atoms. The Morgan fingerprint density at radius 2 is 1.47 bits per heavy atom. The average molecular weight is 689 g/mol. The molecule has 2 aliphatic heterocycles. The van der Waals surface area contributed by atoms with Crippen LogP contribution in [0.2, 0.25) is 0 Å². The van der Waals surface area contributed by atoms with Crippen molar-refractivity contribution in [1.82, 2.24) is 9.97 Å². The summed E-state index contributed by atoms with van der Waals surface area (Å²) < 4.78 is 0. The molecular formula is C49H44N4. The fourth-order valence-corrected chi connectivity index (χ4v) is 9.82. The lowest BCUT2D eigenvalue weighted by Gasteiger charge is -2.39. The molecule has 1 saturated heterocycles. The van der Waals surface area contributed by atoms with Crippen LogP contribution in [0.15, 0.2) is 176 Å². The highest BCUT2D eigenvalue weighted by molar-refractivity contribution is 5.81. The lowest BCUT2D eigenvalue weighted by Crippen LogP contribution is -2.41. The number of nitrogens with zero attached hydrogens (tertiary/aromatic N) is 4. The predicted octanol–water partition coefficient (Wildman–Crippen LogP) is 11.3. The molecular weight excluding hydrogens is 645 g/mol. The van der Waals surface area contributed by atoms with E-state index in [1.807, 2.05) is 0 Å². The van der Waals surface area contributed by atoms with Crippen LogP contribution < -0.4 is 9.80 Å². The van der Waals surface area contributed by atoms with Gasteiger partial charge in [0, 0.05) is 44.9 Å². The Kier molecular flexibility index (Phi) is 7.17. The molecule has 0 amide bonds. The van der Waals surface area contributed by atoms with Crippen molar-refractivity contribution in [2.45, 2.75) is 62.6 Å². The molecule has 53 heavy (non-hydrogen) atoms. The number of allylic oxidation sites excluding steroid dienone is 10. The molecule has 260 valence electrons. The van der Waals surface area contributed by atoms with E-state index in [1.165, 1.54) is 22.5 Å². The second kappa shape index (κ2) is 11.9. The number of aromatic nitrogens is 2. The second-order valence-electron chi connectivity index (χ2n) is 16.0. The van der Waals surface area contributed by atoms with Crippen LogP contribution in [0.1, 0.15) is 50.8 Å². The van der Waals surface area contributed by atoms with Crippen LogP contribution in [-0.2, 0) is 5.41 Å². The third-order valence-corrected chi connectivity index (χ3v) is 12.7. The molecule has 10 rings (SSSR count). The van der Waals surface area contributed by atoms with E-state index in [2.05, 4.69) is 201 Å². The van der Waals surface area contributed by atoms with Crippen molar-refractivity contribution >= 4 is 17.1 Å². The van der Waals surface area contributed by atoms with Crippen molar-refractivity contribution in [1.29, 1.82) is 0 Å². The summed E-state index contributed by atoms with van der Waals surface area (Å²) in [4.78, 5) is 15.6. The van der Waals surface area contributed by atoms with E-state index in [0.29, 0.717) is 6.04 Å². The topological polar surface area (TPSA) is 32.3 Å². The molecule has 0 saturated carbocycles. The largest absolute Gasteiger partial charge is 0.357 e. The normalized spacial score (nSPS) is 29.9. The Hall–Kier alpha value is -5.74. The van der Waals surface area contributed by atoms with Gasteiger partial charge in [-0.15, -0.1) is 0 Å². The first kappa shape index (κ1) is 32.0. The van der Waals surface area contributed by atoms with Gasteiger partial charge in [0.2, 0.25) is 0 Å². The molecule has 0 N–H and O–H groups in total. The smallest absolute Gasteiger partial charge is 0.160 e. The predicted molar refractivity (Wildman–Crippen MR) is 219 cm³/mol. The molecule has 4 nitrogen and oxygen atoms in total. The molecule has 4 aromatic rings. The number of fused-ring (bicyclic) bond motifs is 6. The van der Waals surface area contributed by atoms with E-state index in [1.54, 1.807) is 0 Å². The zero-order chi connectivity index (χ0) is 35.8. The maximum Gasteiger partial charge on any atom is 0.160 e. The van der Waals surface area contributed by atoms with Crippen molar-refractivity contribution in [3.63, 3.8) is 0 Å². The zero-order valence-electron chi connectivity index (χ0n) is 30.6. The minimum absolute atomic E-state index is 0.00801. The third-order valence-electron chi connectivity index (χ3n) is 12.7. The van der Waals surface area contributed by atoms with Crippen LogP contribution in [0.5, 0.6) is 0 Å². The molecule has 1 fully saturated rings. The Morgan fingerprint density at radius 3 is 2.30 bits per heavy atom. The standard InChI is InChI=1S/C49H44N4/c1-47(28-12-5-13-29-47)44-33-41(34-16-6-4-7-17-34)50-46(51-44)35-22-24-36(25-23-35)53-42-27-26-37(32-38(42)39-18-10-15-31-49(39,53)3)52-43-20-9-8-19-40(43)48(2)30-14-11-21-45(48)52/h4-19,21-28,30-33,39,43,45H,20,29H2,1-3H3. The lowest BCUT2D eigenvalue weighted by atomic mass is 9.74. The van der Waals surface area contributed by atoms with Gasteiger partial charge in [-0.2, -0.15) is 0 Å². The van der Waals surface area contributed by atoms with Gasteiger partial charge in [-0.25, -0.2) is 9.97 Å². The maximum atomic E-state index is 5.22. The first-order chi connectivity index (χ1) is 25.9. The van der Waals surface area contributed by atoms with Crippen molar-refractivity contribution in [3.05, 3.63) is 187 Å². The van der Waals surface area contributed by atoms with E-state index in [9.17, 15) is 0 Å². The summed E-state index contributed by atoms with van der Waals surface area (Å²) in [6.45, 7) is 7.06. The van der Waals surface area contributed by atoms with Gasteiger partial charge in [-0.05, 0) is 86.4 Å². The summed E-state index contributed by atoms with van der Waals surface area (Å²) in [6, 6.07) is 29.4. The molecule has 3 heterocycles. The van der Waals surface area contributed by atoms with Crippen LogP contribution in [-0.4, -0.2) is 27.6 Å². The first-order valence-corrected chi connectivity index (χ1v) is 19.1. The first-order valence-electron chi connectivity index (χ1n) is 19.1. The quantitative estimate of drug-likeness (QED) is 0.209. The monoisotopic (exact) mass is 688 g/mol. The highest BCUT2D eigenvalue weighted by Gasteiger charge is 2.52. The van der Waals surface area contributed by atoms with Gasteiger partial charge in [0.05, 0.1) is 29.0 Å². The highest BCUT2D eigenvalue weighted by Crippen LogP contribution is 2.57. The van der Waals surface area contributed by atoms with Crippen LogP contribution in [0, 0.1) is 5.41 Å². The summed E-state index contributed by atoms with van der Waals surface area (Å²) in [5.74, 6) is 0.981. The summed E-state index contributed by atoms with van der Waals surface area (Å²) in [5, 5.41) is 0. The van der Waals surface area contributed by atoms with E-state index in [0.717, 1.165) is 46.9 Å². The SMILES string of the molecule is CC1(c2cc(-c3ccccc3)nc(-c3ccc(N4c5ccc(N6C7CC=CC=C7C7(C)C=CC=CC67)cc5C5C=CC=CC54C)cc3)n2)C=CC=CC1. The Bertz CT molecular complexity index is 2370. The van der Waals surface area contributed by atoms with E-state index in [4.69, 9.17) is 9.97 Å². The van der Waals surface area contributed by atoms with Crippen molar-refractivity contribution in [2.75, 3.05) is 9.80 Å². The van der Waals surface area contributed by atoms with Gasteiger partial charge in [-0.3, -0.25) is 0 Å². The van der Waals surface area contributed by atoms with E-state index in [-0.39, 0.29) is 28.3 Å². The molecule has 1 aromatic heterocycles. The van der Waals surface area contributed by atoms with Crippen molar-refractivity contribution in [3.8, 4) is 22.6 Å². The summed E-state index contributed by atoms with van der Waals surface area (Å²) in [5.41, 5.74) is 10.3. The van der Waals surface area contributed by atoms with Gasteiger partial charge in [0.15, 0.2) is 5.82 Å². The van der Waals surface area contributed by atoms with Crippen LogP contribution in [0.3, 0.4) is 0 Å². The van der Waals surface area contributed by atoms with Crippen molar-refractivity contribution in [2.24, 2.45) is 5.41 Å². The molecule has 4 heteroatoms. The average Bonchev–Trinajstić information content (AvgIpc) is 3.63. The van der Waals surface area contributed by atoms with E-state index >= 15 is 0 Å². The maximum absolute atomic E-state index is 5.22. The number of hydrogen-bond acceptors (Lipinski definition) is 4. The number of rotatable bonds is 5. The van der Waals surface area contributed by atoms with E-state index < -0.39 is 0 Å². The number of hydrogen-bond donors (Lipinski definition) is 0. The van der Waals surface area contributed by atoms with Crippen molar-refractivity contribution < 1.29 is 0 Å². The summed E-state index contributed by atoms with van der Waals surface area (Å²) in [6.07, 6.45) is 36.1. The Morgan fingerprint density at radius 1 is 0.679 bits per heavy atom. The molecule has 6 aliphatic rings.